The van der Waals surface area contributed by atoms with E-state index in [2.05, 4.69) is 28.9 Å². The molecule has 5 heteroatoms. The van der Waals surface area contributed by atoms with E-state index in [1.54, 1.807) is 6.07 Å². The van der Waals surface area contributed by atoms with Crippen LogP contribution in [0.5, 0.6) is 5.75 Å². The van der Waals surface area contributed by atoms with Gasteiger partial charge in [0.2, 0.25) is 0 Å². The van der Waals surface area contributed by atoms with Crippen LogP contribution in [0, 0.1) is 0 Å². The van der Waals surface area contributed by atoms with Crippen LogP contribution in [0.3, 0.4) is 0 Å². The lowest BCUT2D eigenvalue weighted by Crippen LogP contribution is -2.12. The lowest BCUT2D eigenvalue weighted by molar-refractivity contribution is 0.102. The van der Waals surface area contributed by atoms with E-state index in [4.69, 9.17) is 11.6 Å². The summed E-state index contributed by atoms with van der Waals surface area (Å²) in [5, 5.41) is 15.4. The number of rotatable bonds is 3. The highest BCUT2D eigenvalue weighted by Crippen LogP contribution is 2.31. The van der Waals surface area contributed by atoms with E-state index in [1.165, 1.54) is 17.6 Å². The van der Waals surface area contributed by atoms with Gasteiger partial charge in [-0.05, 0) is 49.4 Å². The van der Waals surface area contributed by atoms with Crippen molar-refractivity contribution in [3.63, 3.8) is 0 Å². The molecule has 1 aromatic heterocycles. The normalized spacial score (nSPS) is 11.2. The van der Waals surface area contributed by atoms with Crippen LogP contribution in [-0.2, 0) is 6.54 Å². The third-order valence-corrected chi connectivity index (χ3v) is 4.78. The van der Waals surface area contributed by atoms with Crippen molar-refractivity contribution in [3.05, 3.63) is 71.2 Å². The van der Waals surface area contributed by atoms with Gasteiger partial charge in [-0.1, -0.05) is 29.8 Å². The Labute approximate surface area is 155 Å². The van der Waals surface area contributed by atoms with Gasteiger partial charge in [-0.3, -0.25) is 4.79 Å². The second-order valence-corrected chi connectivity index (χ2v) is 6.55. The number of phenolic OH excluding ortho intramolecular Hbond substituents is 1. The first kappa shape index (κ1) is 16.5. The molecule has 0 atom stereocenters. The summed E-state index contributed by atoms with van der Waals surface area (Å²) in [7, 11) is 0. The minimum atomic E-state index is -0.399. The number of aryl methyl sites for hydroxylation is 1. The van der Waals surface area contributed by atoms with Gasteiger partial charge in [0.1, 0.15) is 5.75 Å². The Morgan fingerprint density at radius 3 is 2.62 bits per heavy atom. The number of nitrogens with one attached hydrogen (secondary N) is 1. The van der Waals surface area contributed by atoms with Gasteiger partial charge in [0, 0.05) is 39.1 Å². The number of nitrogens with zero attached hydrogens (tertiary/aromatic N) is 1. The first-order chi connectivity index (χ1) is 12.6. The Morgan fingerprint density at radius 2 is 1.81 bits per heavy atom. The second kappa shape index (κ2) is 6.39. The Kier molecular flexibility index (Phi) is 4.05. The Bertz CT molecular complexity index is 1150. The predicted molar refractivity (Wildman–Crippen MR) is 106 cm³/mol. The lowest BCUT2D eigenvalue weighted by atomic mass is 10.1. The van der Waals surface area contributed by atoms with Crippen LogP contribution in [0.2, 0.25) is 5.02 Å². The van der Waals surface area contributed by atoms with E-state index >= 15 is 0 Å². The predicted octanol–water partition coefficient (Wildman–Crippen LogP) is 5.43. The molecule has 0 spiro atoms. The number of halogens is 1. The van der Waals surface area contributed by atoms with Crippen molar-refractivity contribution < 1.29 is 9.90 Å². The third kappa shape index (κ3) is 2.68. The highest BCUT2D eigenvalue weighted by molar-refractivity contribution is 6.31. The molecule has 1 heterocycles. The topological polar surface area (TPSA) is 54.3 Å². The van der Waals surface area contributed by atoms with Crippen molar-refractivity contribution in [1.29, 1.82) is 0 Å². The van der Waals surface area contributed by atoms with Gasteiger partial charge in [-0.25, -0.2) is 0 Å². The number of fused-ring (bicyclic) bond motifs is 3. The minimum absolute atomic E-state index is 0.101. The van der Waals surface area contributed by atoms with Crippen molar-refractivity contribution in [1.82, 2.24) is 4.57 Å². The molecule has 0 saturated carbocycles. The Balaban J connectivity index is 1.77. The number of amides is 1. The highest BCUT2D eigenvalue weighted by atomic mass is 35.5. The van der Waals surface area contributed by atoms with Crippen molar-refractivity contribution >= 4 is 45.0 Å². The fourth-order valence-electron chi connectivity index (χ4n) is 3.36. The fraction of sp³-hybridized carbons (Fsp3) is 0.0952. The molecule has 0 radical (unpaired) electrons. The molecule has 4 rings (SSSR count). The maximum Gasteiger partial charge on any atom is 0.259 e. The summed E-state index contributed by atoms with van der Waals surface area (Å²) >= 11 is 5.93. The van der Waals surface area contributed by atoms with Gasteiger partial charge < -0.3 is 15.0 Å². The molecule has 1 amide bonds. The van der Waals surface area contributed by atoms with Gasteiger partial charge in [0.15, 0.2) is 0 Å². The van der Waals surface area contributed by atoms with Gasteiger partial charge in [-0.2, -0.15) is 0 Å². The number of aromatic nitrogens is 1. The van der Waals surface area contributed by atoms with Gasteiger partial charge in [-0.15, -0.1) is 0 Å². The molecule has 0 fully saturated rings. The van der Waals surface area contributed by atoms with E-state index < -0.39 is 5.91 Å². The smallest absolute Gasteiger partial charge is 0.259 e. The van der Waals surface area contributed by atoms with Crippen LogP contribution in [-0.4, -0.2) is 15.6 Å². The fourth-order valence-corrected chi connectivity index (χ4v) is 3.53. The molecule has 4 aromatic rings. The Morgan fingerprint density at radius 1 is 1.04 bits per heavy atom. The third-order valence-electron chi connectivity index (χ3n) is 4.55. The van der Waals surface area contributed by atoms with Crippen LogP contribution >= 0.6 is 11.6 Å². The summed E-state index contributed by atoms with van der Waals surface area (Å²) in [4.78, 5) is 12.5. The van der Waals surface area contributed by atoms with Crippen LogP contribution in [0.15, 0.2) is 60.7 Å². The number of benzene rings is 3. The molecule has 130 valence electrons. The van der Waals surface area contributed by atoms with Crippen LogP contribution < -0.4 is 5.32 Å². The van der Waals surface area contributed by atoms with Gasteiger partial charge >= 0.3 is 0 Å². The molecule has 4 nitrogen and oxygen atoms in total. The van der Waals surface area contributed by atoms with E-state index in [0.29, 0.717) is 10.7 Å². The first-order valence-electron chi connectivity index (χ1n) is 8.39. The van der Waals surface area contributed by atoms with E-state index in [1.807, 2.05) is 30.3 Å². The summed E-state index contributed by atoms with van der Waals surface area (Å²) in [6, 6.07) is 18.5. The number of hydrogen-bond acceptors (Lipinski definition) is 2. The minimum Gasteiger partial charge on any atom is -0.507 e. The molecule has 0 saturated heterocycles. The van der Waals surface area contributed by atoms with Crippen molar-refractivity contribution in [2.24, 2.45) is 0 Å². The molecular formula is C21H17ClN2O2. The molecule has 0 aliphatic carbocycles. The highest BCUT2D eigenvalue weighted by Gasteiger charge is 2.14. The zero-order valence-electron chi connectivity index (χ0n) is 14.2. The average molecular weight is 365 g/mol. The molecule has 2 N–H and O–H groups in total. The molecule has 0 aliphatic heterocycles. The number of phenols is 1. The summed E-state index contributed by atoms with van der Waals surface area (Å²) in [6.07, 6.45) is 0. The summed E-state index contributed by atoms with van der Waals surface area (Å²) in [5.41, 5.74) is 3.10. The summed E-state index contributed by atoms with van der Waals surface area (Å²) < 4.78 is 2.25. The molecule has 0 aliphatic rings. The number of hydrogen-bond donors (Lipinski definition) is 2. The van der Waals surface area contributed by atoms with E-state index in [-0.39, 0.29) is 11.3 Å². The average Bonchev–Trinajstić information content (AvgIpc) is 2.97. The molecule has 26 heavy (non-hydrogen) atoms. The molecule has 3 aromatic carbocycles. The largest absolute Gasteiger partial charge is 0.507 e. The molecule has 0 unspecified atom stereocenters. The number of carbonyl (C=O) groups is 1. The van der Waals surface area contributed by atoms with Gasteiger partial charge in [0.05, 0.1) is 5.56 Å². The SMILES string of the molecule is CCn1c2ccccc2c2cc(NC(=O)c3cc(Cl)ccc3O)ccc21. The van der Waals surface area contributed by atoms with Gasteiger partial charge in [0.25, 0.3) is 5.91 Å². The maximum atomic E-state index is 12.5. The quantitative estimate of drug-likeness (QED) is 0.509. The Hall–Kier alpha value is -2.98. The maximum absolute atomic E-state index is 12.5. The standard InChI is InChI=1S/C21H17ClN2O2/c1-2-24-18-6-4-3-5-15(18)16-12-14(8-9-19(16)24)23-21(26)17-11-13(22)7-10-20(17)25/h3-12,25H,2H2,1H3,(H,23,26). The summed E-state index contributed by atoms with van der Waals surface area (Å²) in [6.45, 7) is 2.98. The van der Waals surface area contributed by atoms with Crippen molar-refractivity contribution in [3.8, 4) is 5.75 Å². The number of para-hydroxylation sites is 1. The van der Waals surface area contributed by atoms with Crippen molar-refractivity contribution in [2.75, 3.05) is 5.32 Å². The number of carbonyl (C=O) groups excluding carboxylic acids is 1. The molecule has 0 bridgehead atoms. The lowest BCUT2D eigenvalue weighted by Gasteiger charge is -2.08. The van der Waals surface area contributed by atoms with Crippen LogP contribution in [0.4, 0.5) is 5.69 Å². The number of anilines is 1. The second-order valence-electron chi connectivity index (χ2n) is 6.11. The zero-order valence-corrected chi connectivity index (χ0v) is 14.9. The monoisotopic (exact) mass is 364 g/mol. The molecular weight excluding hydrogens is 348 g/mol. The van der Waals surface area contributed by atoms with E-state index in [9.17, 15) is 9.90 Å². The van der Waals surface area contributed by atoms with Crippen LogP contribution in [0.1, 0.15) is 17.3 Å². The summed E-state index contributed by atoms with van der Waals surface area (Å²) in [5.74, 6) is -0.501. The van der Waals surface area contributed by atoms with Crippen LogP contribution in [0.25, 0.3) is 21.8 Å². The number of aromatic hydroxyl groups is 1. The first-order valence-corrected chi connectivity index (χ1v) is 8.77. The zero-order chi connectivity index (χ0) is 18.3. The van der Waals surface area contributed by atoms with E-state index in [0.717, 1.165) is 22.8 Å². The van der Waals surface area contributed by atoms with Crippen molar-refractivity contribution in [2.45, 2.75) is 13.5 Å².